The molecule has 4 rings (SSSR count). The minimum Gasteiger partial charge on any atom is -0.322 e. The first-order chi connectivity index (χ1) is 14.5. The Labute approximate surface area is 186 Å². The fourth-order valence-corrected chi connectivity index (χ4v) is 4.84. The second-order valence-electron chi connectivity index (χ2n) is 7.47. The van der Waals surface area contributed by atoms with Crippen LogP contribution in [-0.2, 0) is 6.54 Å². The highest BCUT2D eigenvalue weighted by molar-refractivity contribution is 7.99. The summed E-state index contributed by atoms with van der Waals surface area (Å²) in [6, 6.07) is 13.5. The van der Waals surface area contributed by atoms with E-state index in [4.69, 9.17) is 11.6 Å². The molecule has 156 valence electrons. The number of nitrogens with zero attached hydrogens (tertiary/aromatic N) is 3. The van der Waals surface area contributed by atoms with Crippen molar-refractivity contribution in [3.8, 4) is 5.69 Å². The van der Waals surface area contributed by atoms with Crippen molar-refractivity contribution in [3.05, 3.63) is 76.1 Å². The smallest absolute Gasteiger partial charge is 0.259 e. The maximum absolute atomic E-state index is 13.0. The lowest BCUT2D eigenvalue weighted by Crippen LogP contribution is -2.32. The van der Waals surface area contributed by atoms with Gasteiger partial charge in [0.05, 0.1) is 23.1 Å². The zero-order chi connectivity index (χ0) is 21.1. The van der Waals surface area contributed by atoms with Crippen LogP contribution in [0.3, 0.4) is 0 Å². The molecule has 1 saturated heterocycles. The average Bonchev–Trinajstić information content (AvgIpc) is 3.13. The van der Waals surface area contributed by atoms with Gasteiger partial charge in [0.1, 0.15) is 0 Å². The topological polar surface area (TPSA) is 50.2 Å². The van der Waals surface area contributed by atoms with E-state index in [0.29, 0.717) is 10.6 Å². The van der Waals surface area contributed by atoms with Crippen molar-refractivity contribution in [2.75, 3.05) is 29.9 Å². The molecule has 3 aromatic rings. The molecule has 0 aliphatic carbocycles. The van der Waals surface area contributed by atoms with Crippen molar-refractivity contribution < 1.29 is 4.79 Å². The summed E-state index contributed by atoms with van der Waals surface area (Å²) in [5.41, 5.74) is 5.37. The standard InChI is InChI=1S/C23H25ClN4OS/c1-16-18(15-27-9-11-30-12-10-27)5-3-8-22(16)26-23(29)21-14-25-28(17(21)2)20-7-4-6-19(24)13-20/h3-8,13-14H,9-12,15H2,1-2H3,(H,26,29). The molecule has 5 nitrogen and oxygen atoms in total. The van der Waals surface area contributed by atoms with E-state index in [9.17, 15) is 4.79 Å². The number of amides is 1. The van der Waals surface area contributed by atoms with Gasteiger partial charge < -0.3 is 5.32 Å². The first-order valence-electron chi connectivity index (χ1n) is 10.0. The van der Waals surface area contributed by atoms with E-state index in [1.165, 1.54) is 17.1 Å². The Morgan fingerprint density at radius 3 is 2.70 bits per heavy atom. The normalized spacial score (nSPS) is 14.6. The molecule has 0 bridgehead atoms. The van der Waals surface area contributed by atoms with E-state index in [0.717, 1.165) is 42.3 Å². The summed E-state index contributed by atoms with van der Waals surface area (Å²) >= 11 is 8.11. The van der Waals surface area contributed by atoms with E-state index >= 15 is 0 Å². The molecule has 0 saturated carbocycles. The van der Waals surface area contributed by atoms with Crippen molar-refractivity contribution >= 4 is 35.0 Å². The molecule has 1 fully saturated rings. The number of aromatic nitrogens is 2. The van der Waals surface area contributed by atoms with Crippen LogP contribution in [0, 0.1) is 13.8 Å². The van der Waals surface area contributed by atoms with Gasteiger partial charge in [0.25, 0.3) is 5.91 Å². The molecular weight excluding hydrogens is 416 g/mol. The molecule has 0 unspecified atom stereocenters. The van der Waals surface area contributed by atoms with Crippen LogP contribution in [-0.4, -0.2) is 45.2 Å². The molecule has 1 aliphatic rings. The molecule has 2 aromatic carbocycles. The van der Waals surface area contributed by atoms with Gasteiger partial charge in [-0.15, -0.1) is 0 Å². The molecule has 1 N–H and O–H groups in total. The number of hydrogen-bond donors (Lipinski definition) is 1. The fourth-order valence-electron chi connectivity index (χ4n) is 3.68. The maximum Gasteiger partial charge on any atom is 0.259 e. The van der Waals surface area contributed by atoms with Gasteiger partial charge in [-0.1, -0.05) is 29.8 Å². The first kappa shape index (κ1) is 21.0. The Hall–Kier alpha value is -2.28. The van der Waals surface area contributed by atoms with Gasteiger partial charge >= 0.3 is 0 Å². The van der Waals surface area contributed by atoms with E-state index in [1.807, 2.05) is 55.1 Å². The van der Waals surface area contributed by atoms with E-state index < -0.39 is 0 Å². The summed E-state index contributed by atoms with van der Waals surface area (Å²) in [7, 11) is 0. The van der Waals surface area contributed by atoms with Gasteiger partial charge in [-0.2, -0.15) is 16.9 Å². The van der Waals surface area contributed by atoms with Crippen molar-refractivity contribution in [2.45, 2.75) is 20.4 Å². The monoisotopic (exact) mass is 440 g/mol. The quantitative estimate of drug-likeness (QED) is 0.610. The Morgan fingerprint density at radius 1 is 1.17 bits per heavy atom. The molecule has 0 spiro atoms. The zero-order valence-corrected chi connectivity index (χ0v) is 18.8. The third-order valence-corrected chi connectivity index (χ3v) is 6.68. The third-order valence-electron chi connectivity index (χ3n) is 5.50. The predicted octanol–water partition coefficient (Wildman–Crippen LogP) is 4.94. The number of thioether (sulfide) groups is 1. The highest BCUT2D eigenvalue weighted by Gasteiger charge is 2.18. The van der Waals surface area contributed by atoms with Crippen LogP contribution < -0.4 is 5.32 Å². The zero-order valence-electron chi connectivity index (χ0n) is 17.2. The van der Waals surface area contributed by atoms with Gasteiger partial charge in [-0.25, -0.2) is 4.68 Å². The molecule has 1 amide bonds. The van der Waals surface area contributed by atoms with Crippen LogP contribution in [0.15, 0.2) is 48.7 Å². The van der Waals surface area contributed by atoms with E-state index in [1.54, 1.807) is 10.9 Å². The number of carbonyl (C=O) groups is 1. The highest BCUT2D eigenvalue weighted by atomic mass is 35.5. The summed E-state index contributed by atoms with van der Waals surface area (Å²) in [6.07, 6.45) is 1.61. The van der Waals surface area contributed by atoms with Crippen LogP contribution in [0.1, 0.15) is 27.2 Å². The van der Waals surface area contributed by atoms with Crippen molar-refractivity contribution in [1.82, 2.24) is 14.7 Å². The largest absolute Gasteiger partial charge is 0.322 e. The molecule has 30 heavy (non-hydrogen) atoms. The van der Waals surface area contributed by atoms with Crippen LogP contribution in [0.2, 0.25) is 5.02 Å². The lowest BCUT2D eigenvalue weighted by molar-refractivity contribution is 0.102. The second-order valence-corrected chi connectivity index (χ2v) is 9.13. The summed E-state index contributed by atoms with van der Waals surface area (Å²) in [5, 5.41) is 8.11. The average molecular weight is 441 g/mol. The maximum atomic E-state index is 13.0. The molecule has 1 aromatic heterocycles. The summed E-state index contributed by atoms with van der Waals surface area (Å²) in [6.45, 7) is 7.11. The Balaban J connectivity index is 1.52. The highest BCUT2D eigenvalue weighted by Crippen LogP contribution is 2.24. The number of hydrogen-bond acceptors (Lipinski definition) is 4. The lowest BCUT2D eigenvalue weighted by Gasteiger charge is -2.27. The SMILES string of the molecule is Cc1c(CN2CCSCC2)cccc1NC(=O)c1cnn(-c2cccc(Cl)c2)c1C. The Morgan fingerprint density at radius 2 is 1.93 bits per heavy atom. The molecule has 1 aliphatic heterocycles. The minimum absolute atomic E-state index is 0.157. The second kappa shape index (κ2) is 9.25. The van der Waals surface area contributed by atoms with Gasteiger partial charge in [0, 0.05) is 41.8 Å². The predicted molar refractivity (Wildman–Crippen MR) is 125 cm³/mol. The molecule has 7 heteroatoms. The Kier molecular flexibility index (Phi) is 6.46. The first-order valence-corrected chi connectivity index (χ1v) is 11.6. The van der Waals surface area contributed by atoms with E-state index in [2.05, 4.69) is 28.3 Å². The summed E-state index contributed by atoms with van der Waals surface area (Å²) in [5.74, 6) is 2.21. The van der Waals surface area contributed by atoms with Gasteiger partial charge in [-0.3, -0.25) is 9.69 Å². The third kappa shape index (κ3) is 4.56. The fraction of sp³-hybridized carbons (Fsp3) is 0.304. The minimum atomic E-state index is -0.157. The van der Waals surface area contributed by atoms with Crippen molar-refractivity contribution in [3.63, 3.8) is 0 Å². The number of nitrogens with one attached hydrogen (secondary N) is 1. The summed E-state index contributed by atoms with van der Waals surface area (Å²) in [4.78, 5) is 15.5. The van der Waals surface area contributed by atoms with Crippen LogP contribution in [0.5, 0.6) is 0 Å². The van der Waals surface area contributed by atoms with Crippen LogP contribution in [0.4, 0.5) is 5.69 Å². The molecule has 2 heterocycles. The van der Waals surface area contributed by atoms with Crippen LogP contribution >= 0.6 is 23.4 Å². The lowest BCUT2D eigenvalue weighted by atomic mass is 10.1. The van der Waals surface area contributed by atoms with Crippen LogP contribution in [0.25, 0.3) is 5.69 Å². The summed E-state index contributed by atoms with van der Waals surface area (Å²) < 4.78 is 1.73. The molecule has 0 atom stereocenters. The number of carbonyl (C=O) groups excluding carboxylic acids is 1. The molecular formula is C23H25ClN4OS. The van der Waals surface area contributed by atoms with E-state index in [-0.39, 0.29) is 5.91 Å². The van der Waals surface area contributed by atoms with Gasteiger partial charge in [0.15, 0.2) is 0 Å². The molecule has 0 radical (unpaired) electrons. The van der Waals surface area contributed by atoms with Crippen molar-refractivity contribution in [1.29, 1.82) is 0 Å². The van der Waals surface area contributed by atoms with Gasteiger partial charge in [-0.05, 0) is 49.2 Å². The Bertz CT molecular complexity index is 1060. The number of anilines is 1. The van der Waals surface area contributed by atoms with Gasteiger partial charge in [0.2, 0.25) is 0 Å². The van der Waals surface area contributed by atoms with Crippen molar-refractivity contribution in [2.24, 2.45) is 0 Å². The number of benzene rings is 2. The number of rotatable bonds is 5. The number of halogens is 1.